The molecule has 0 radical (unpaired) electrons. The molecule has 0 spiro atoms. The van der Waals surface area contributed by atoms with E-state index in [2.05, 4.69) is 16.6 Å². The molecule has 1 amide bonds. The van der Waals surface area contributed by atoms with Crippen LogP contribution in [0.2, 0.25) is 0 Å². The number of alkyl halides is 1. The zero-order valence-electron chi connectivity index (χ0n) is 11.5. The van der Waals surface area contributed by atoms with E-state index in [4.69, 9.17) is 11.6 Å². The van der Waals surface area contributed by atoms with Gasteiger partial charge in [-0.15, -0.1) is 11.6 Å². The van der Waals surface area contributed by atoms with Crippen molar-refractivity contribution in [2.45, 2.75) is 0 Å². The van der Waals surface area contributed by atoms with E-state index in [1.54, 1.807) is 0 Å². The van der Waals surface area contributed by atoms with E-state index >= 15 is 0 Å². The Bertz CT molecular complexity index is 559. The molecule has 2 atom stereocenters. The van der Waals surface area contributed by atoms with Gasteiger partial charge in [0.2, 0.25) is 6.41 Å². The Kier molecular flexibility index (Phi) is 5.69. The fourth-order valence-corrected chi connectivity index (χ4v) is 2.85. The molecular formula is C16H17ClN2O2. The molecule has 110 valence electrons. The lowest BCUT2D eigenvalue weighted by atomic mass is 9.81. The molecule has 0 aromatic carbocycles. The lowest BCUT2D eigenvalue weighted by molar-refractivity contribution is -0.109. The molecule has 0 saturated carbocycles. The highest BCUT2D eigenvalue weighted by Gasteiger charge is 2.23. The van der Waals surface area contributed by atoms with E-state index in [1.807, 2.05) is 36.5 Å². The maximum Gasteiger partial charge on any atom is 0.207 e. The van der Waals surface area contributed by atoms with Crippen LogP contribution in [0.25, 0.3) is 0 Å². The number of carbonyl (C=O) groups excluding carboxylic acids is 1. The van der Waals surface area contributed by atoms with Gasteiger partial charge in [0, 0.05) is 24.3 Å². The van der Waals surface area contributed by atoms with Gasteiger partial charge in [-0.05, 0) is 16.7 Å². The Morgan fingerprint density at radius 1 is 1.38 bits per heavy atom. The third-order valence-corrected chi connectivity index (χ3v) is 3.96. The van der Waals surface area contributed by atoms with Gasteiger partial charge in [-0.2, -0.15) is 4.91 Å². The van der Waals surface area contributed by atoms with Crippen LogP contribution in [0.1, 0.15) is 0 Å². The van der Waals surface area contributed by atoms with Crippen molar-refractivity contribution in [2.24, 2.45) is 17.0 Å². The molecule has 0 saturated heterocycles. The van der Waals surface area contributed by atoms with Crippen molar-refractivity contribution in [2.75, 3.05) is 19.0 Å². The number of carbonyl (C=O) groups is 1. The van der Waals surface area contributed by atoms with Crippen LogP contribution in [0, 0.1) is 16.7 Å². The lowest BCUT2D eigenvalue weighted by Crippen LogP contribution is -2.26. The predicted molar refractivity (Wildman–Crippen MR) is 85.0 cm³/mol. The molecule has 0 fully saturated rings. The zero-order valence-corrected chi connectivity index (χ0v) is 12.3. The average Bonchev–Trinajstić information content (AvgIpc) is 2.70. The monoisotopic (exact) mass is 304 g/mol. The summed E-state index contributed by atoms with van der Waals surface area (Å²) in [4.78, 5) is 21.0. The first-order valence-electron chi connectivity index (χ1n) is 6.80. The van der Waals surface area contributed by atoms with Gasteiger partial charge in [-0.1, -0.05) is 47.7 Å². The number of rotatable bonds is 7. The summed E-state index contributed by atoms with van der Waals surface area (Å²) in [6.07, 6.45) is 14.7. The van der Waals surface area contributed by atoms with Crippen molar-refractivity contribution >= 4 is 18.0 Å². The second kappa shape index (κ2) is 7.74. The number of hydrogen-bond donors (Lipinski definition) is 1. The molecule has 0 aromatic rings. The molecule has 0 heterocycles. The summed E-state index contributed by atoms with van der Waals surface area (Å²) < 4.78 is 0. The molecule has 4 nitrogen and oxygen atoms in total. The van der Waals surface area contributed by atoms with E-state index < -0.39 is 0 Å². The molecule has 21 heavy (non-hydrogen) atoms. The van der Waals surface area contributed by atoms with Crippen molar-refractivity contribution in [1.29, 1.82) is 0 Å². The van der Waals surface area contributed by atoms with Gasteiger partial charge < -0.3 is 5.32 Å². The Labute approximate surface area is 128 Å². The molecule has 5 heteroatoms. The van der Waals surface area contributed by atoms with Crippen molar-refractivity contribution in [1.82, 2.24) is 5.32 Å². The van der Waals surface area contributed by atoms with E-state index in [0.29, 0.717) is 18.8 Å². The predicted octanol–water partition coefficient (Wildman–Crippen LogP) is 2.89. The number of nitrogens with one attached hydrogen (secondary N) is 1. The first kappa shape index (κ1) is 15.4. The van der Waals surface area contributed by atoms with Crippen LogP contribution in [-0.4, -0.2) is 25.4 Å². The summed E-state index contributed by atoms with van der Waals surface area (Å²) in [5, 5.41) is 5.64. The minimum Gasteiger partial charge on any atom is -0.358 e. The largest absolute Gasteiger partial charge is 0.358 e. The molecule has 0 bridgehead atoms. The summed E-state index contributed by atoms with van der Waals surface area (Å²) in [5.74, 6) is 0.600. The first-order chi connectivity index (χ1) is 10.3. The lowest BCUT2D eigenvalue weighted by Gasteiger charge is -2.25. The third-order valence-electron chi connectivity index (χ3n) is 3.59. The SMILES string of the molecule is O=CNCC(CCl)C1=CC=CC2C=C(CN=O)C=CC=C12. The van der Waals surface area contributed by atoms with Crippen LogP contribution in [0.5, 0.6) is 0 Å². The van der Waals surface area contributed by atoms with Crippen LogP contribution in [0.3, 0.4) is 0 Å². The standard InChI is InChI=1S/C16H17ClN2O2/c17-8-14(10-18-11-20)16-6-2-4-13-7-12(9-19-21)3-1-5-15(13)16/h1-7,11,13-14H,8-10H2,(H,18,20). The molecule has 0 aromatic heterocycles. The Morgan fingerprint density at radius 2 is 2.24 bits per heavy atom. The summed E-state index contributed by atoms with van der Waals surface area (Å²) in [7, 11) is 0. The van der Waals surface area contributed by atoms with Gasteiger partial charge in [-0.3, -0.25) is 4.79 Å². The van der Waals surface area contributed by atoms with Gasteiger partial charge in [0.05, 0.1) is 0 Å². The highest BCUT2D eigenvalue weighted by molar-refractivity contribution is 6.18. The summed E-state index contributed by atoms with van der Waals surface area (Å²) >= 11 is 6.05. The van der Waals surface area contributed by atoms with Crippen LogP contribution in [0.15, 0.2) is 64.4 Å². The minimum atomic E-state index is 0.0584. The Hall–Kier alpha value is -1.94. The van der Waals surface area contributed by atoms with Crippen molar-refractivity contribution in [3.8, 4) is 0 Å². The second-order valence-corrected chi connectivity index (χ2v) is 5.23. The molecule has 0 aliphatic heterocycles. The first-order valence-corrected chi connectivity index (χ1v) is 7.33. The highest BCUT2D eigenvalue weighted by atomic mass is 35.5. The van der Waals surface area contributed by atoms with Gasteiger partial charge >= 0.3 is 0 Å². The van der Waals surface area contributed by atoms with Crippen LogP contribution >= 0.6 is 11.6 Å². The van der Waals surface area contributed by atoms with Crippen molar-refractivity contribution in [3.05, 3.63) is 64.2 Å². The van der Waals surface area contributed by atoms with Gasteiger partial charge in [0.25, 0.3) is 0 Å². The average molecular weight is 305 g/mol. The van der Waals surface area contributed by atoms with Gasteiger partial charge in [-0.25, -0.2) is 0 Å². The smallest absolute Gasteiger partial charge is 0.207 e. The molecule has 2 unspecified atom stereocenters. The molecule has 2 aliphatic carbocycles. The summed E-state index contributed by atoms with van der Waals surface area (Å²) in [5.41, 5.74) is 3.17. The zero-order chi connectivity index (χ0) is 15.1. The molecule has 2 rings (SSSR count). The maximum atomic E-state index is 10.5. The van der Waals surface area contributed by atoms with Gasteiger partial charge in [0.15, 0.2) is 0 Å². The minimum absolute atomic E-state index is 0.0584. The maximum absolute atomic E-state index is 10.5. The number of halogens is 1. The van der Waals surface area contributed by atoms with Crippen LogP contribution < -0.4 is 5.32 Å². The number of allylic oxidation sites excluding steroid dienone is 7. The number of hydrogen-bond acceptors (Lipinski definition) is 3. The van der Waals surface area contributed by atoms with Crippen molar-refractivity contribution < 1.29 is 4.79 Å². The number of nitrogens with zero attached hydrogens (tertiary/aromatic N) is 1. The summed E-state index contributed by atoms with van der Waals surface area (Å²) in [6, 6.07) is 0. The molecule has 1 N–H and O–H groups in total. The third kappa shape index (κ3) is 3.79. The fraction of sp³-hybridized carbons (Fsp3) is 0.312. The quantitative estimate of drug-likeness (QED) is 0.447. The number of amides is 1. The van der Waals surface area contributed by atoms with E-state index in [1.165, 1.54) is 0 Å². The topological polar surface area (TPSA) is 58.5 Å². The van der Waals surface area contributed by atoms with E-state index in [9.17, 15) is 9.70 Å². The van der Waals surface area contributed by atoms with E-state index in [0.717, 1.165) is 16.7 Å². The highest BCUT2D eigenvalue weighted by Crippen LogP contribution is 2.34. The Balaban J connectivity index is 2.26. The normalized spacial score (nSPS) is 21.4. The van der Waals surface area contributed by atoms with Crippen LogP contribution in [-0.2, 0) is 4.79 Å². The van der Waals surface area contributed by atoms with Crippen molar-refractivity contribution in [3.63, 3.8) is 0 Å². The second-order valence-electron chi connectivity index (χ2n) is 4.92. The Morgan fingerprint density at radius 3 is 2.95 bits per heavy atom. The fourth-order valence-electron chi connectivity index (χ4n) is 2.58. The van der Waals surface area contributed by atoms with Gasteiger partial charge in [0.1, 0.15) is 6.54 Å². The number of fused-ring (bicyclic) bond motifs is 1. The van der Waals surface area contributed by atoms with E-state index in [-0.39, 0.29) is 18.4 Å². The number of nitroso groups, excluding NO2 is 1. The molecular weight excluding hydrogens is 288 g/mol. The molecule has 2 aliphatic rings. The van der Waals surface area contributed by atoms with Crippen LogP contribution in [0.4, 0.5) is 0 Å². The summed E-state index contributed by atoms with van der Waals surface area (Å²) in [6.45, 7) is 0.680.